The van der Waals surface area contributed by atoms with Crippen molar-refractivity contribution in [2.75, 3.05) is 13.1 Å². The lowest BCUT2D eigenvalue weighted by atomic mass is 9.74. The normalized spacial score (nSPS) is 28.3. The molecule has 0 spiro atoms. The Hall–Kier alpha value is -1.49. The van der Waals surface area contributed by atoms with Crippen LogP contribution in [0.5, 0.6) is 0 Å². The standard InChI is InChI=1S/C12H13F2NO2/c1-12(6-15-5-9(12)11(16)17)8-4-7(13)2-3-10(8)14/h2-4,9,15H,5-6H2,1H3,(H,16,17). The van der Waals surface area contributed by atoms with Crippen LogP contribution in [0.15, 0.2) is 18.2 Å². The molecular formula is C12H13F2NO2. The summed E-state index contributed by atoms with van der Waals surface area (Å²) in [6.45, 7) is 2.23. The maximum atomic E-state index is 13.7. The van der Waals surface area contributed by atoms with Gasteiger partial charge in [-0.2, -0.15) is 0 Å². The summed E-state index contributed by atoms with van der Waals surface area (Å²) < 4.78 is 26.9. The molecule has 0 amide bonds. The number of carboxylic acids is 1. The molecule has 0 radical (unpaired) electrons. The number of benzene rings is 1. The number of hydrogen-bond donors (Lipinski definition) is 2. The summed E-state index contributed by atoms with van der Waals surface area (Å²) in [4.78, 5) is 11.1. The summed E-state index contributed by atoms with van der Waals surface area (Å²) in [5.41, 5.74) is -0.798. The largest absolute Gasteiger partial charge is 0.481 e. The van der Waals surface area contributed by atoms with Crippen LogP contribution < -0.4 is 5.32 Å². The summed E-state index contributed by atoms with van der Waals surface area (Å²) >= 11 is 0. The predicted octanol–water partition coefficient (Wildman–Crippen LogP) is 1.53. The van der Waals surface area contributed by atoms with Gasteiger partial charge in [-0.1, -0.05) is 6.92 Å². The molecule has 92 valence electrons. The topological polar surface area (TPSA) is 49.3 Å². The fourth-order valence-electron chi connectivity index (χ4n) is 2.40. The van der Waals surface area contributed by atoms with Gasteiger partial charge in [0, 0.05) is 18.5 Å². The molecule has 2 N–H and O–H groups in total. The number of nitrogens with one attached hydrogen (secondary N) is 1. The Bertz CT molecular complexity index is 464. The molecule has 0 aromatic heterocycles. The van der Waals surface area contributed by atoms with Crippen LogP contribution >= 0.6 is 0 Å². The number of carboxylic acid groups (broad SMARTS) is 1. The smallest absolute Gasteiger partial charge is 0.308 e. The molecule has 17 heavy (non-hydrogen) atoms. The molecule has 2 unspecified atom stereocenters. The highest BCUT2D eigenvalue weighted by Crippen LogP contribution is 2.37. The minimum absolute atomic E-state index is 0.120. The van der Waals surface area contributed by atoms with E-state index in [2.05, 4.69) is 5.32 Å². The van der Waals surface area contributed by atoms with Crippen molar-refractivity contribution in [3.05, 3.63) is 35.4 Å². The van der Waals surface area contributed by atoms with Gasteiger partial charge in [0.25, 0.3) is 0 Å². The number of carbonyl (C=O) groups is 1. The zero-order chi connectivity index (χ0) is 12.6. The third-order valence-corrected chi connectivity index (χ3v) is 3.45. The van der Waals surface area contributed by atoms with Crippen molar-refractivity contribution in [1.29, 1.82) is 0 Å². The van der Waals surface area contributed by atoms with Crippen molar-refractivity contribution in [3.63, 3.8) is 0 Å². The summed E-state index contributed by atoms with van der Waals surface area (Å²) in [7, 11) is 0. The molecule has 0 saturated carbocycles. The second kappa shape index (κ2) is 4.07. The van der Waals surface area contributed by atoms with Gasteiger partial charge in [-0.15, -0.1) is 0 Å². The monoisotopic (exact) mass is 241 g/mol. The average Bonchev–Trinajstić information content (AvgIpc) is 2.65. The third kappa shape index (κ3) is 1.91. The van der Waals surface area contributed by atoms with Crippen molar-refractivity contribution in [3.8, 4) is 0 Å². The van der Waals surface area contributed by atoms with E-state index in [9.17, 15) is 13.6 Å². The molecule has 1 fully saturated rings. The SMILES string of the molecule is CC1(c2cc(F)ccc2F)CNCC1C(=O)O. The molecule has 2 rings (SSSR count). The van der Waals surface area contributed by atoms with E-state index in [-0.39, 0.29) is 12.1 Å². The second-order valence-electron chi connectivity index (χ2n) is 4.56. The molecule has 3 nitrogen and oxygen atoms in total. The number of hydrogen-bond acceptors (Lipinski definition) is 2. The Balaban J connectivity index is 2.50. The number of rotatable bonds is 2. The fourth-order valence-corrected chi connectivity index (χ4v) is 2.40. The molecule has 1 aromatic rings. The molecule has 0 aliphatic carbocycles. The molecule has 1 aliphatic heterocycles. The van der Waals surface area contributed by atoms with Crippen LogP contribution in [0.3, 0.4) is 0 Å². The number of aliphatic carboxylic acids is 1. The molecule has 2 atom stereocenters. The summed E-state index contributed by atoms with van der Waals surface area (Å²) in [5, 5.41) is 12.0. The molecule has 5 heteroatoms. The lowest BCUT2D eigenvalue weighted by Crippen LogP contribution is -2.37. The molecule has 1 aliphatic rings. The van der Waals surface area contributed by atoms with Gasteiger partial charge in [-0.05, 0) is 23.8 Å². The maximum absolute atomic E-state index is 13.7. The summed E-state index contributed by atoms with van der Waals surface area (Å²) in [6, 6.07) is 3.14. The highest BCUT2D eigenvalue weighted by Gasteiger charge is 2.46. The van der Waals surface area contributed by atoms with E-state index < -0.39 is 28.9 Å². The predicted molar refractivity (Wildman–Crippen MR) is 57.7 cm³/mol. The van der Waals surface area contributed by atoms with Gasteiger partial charge in [-0.25, -0.2) is 8.78 Å². The van der Waals surface area contributed by atoms with E-state index in [4.69, 9.17) is 5.11 Å². The van der Waals surface area contributed by atoms with Gasteiger partial charge >= 0.3 is 5.97 Å². The highest BCUT2D eigenvalue weighted by molar-refractivity contribution is 5.73. The van der Waals surface area contributed by atoms with Crippen LogP contribution in [-0.4, -0.2) is 24.2 Å². The molecule has 1 heterocycles. The van der Waals surface area contributed by atoms with Crippen LogP contribution in [-0.2, 0) is 10.2 Å². The third-order valence-electron chi connectivity index (χ3n) is 3.45. The van der Waals surface area contributed by atoms with Gasteiger partial charge in [0.2, 0.25) is 0 Å². The van der Waals surface area contributed by atoms with Gasteiger partial charge in [0.15, 0.2) is 0 Å². The van der Waals surface area contributed by atoms with Crippen molar-refractivity contribution < 1.29 is 18.7 Å². The van der Waals surface area contributed by atoms with Crippen molar-refractivity contribution in [2.45, 2.75) is 12.3 Å². The van der Waals surface area contributed by atoms with Crippen LogP contribution in [0, 0.1) is 17.6 Å². The van der Waals surface area contributed by atoms with E-state index >= 15 is 0 Å². The summed E-state index contributed by atoms with van der Waals surface area (Å²) in [6.07, 6.45) is 0. The second-order valence-corrected chi connectivity index (χ2v) is 4.56. The number of halogens is 2. The van der Waals surface area contributed by atoms with Crippen molar-refractivity contribution >= 4 is 5.97 Å². The van der Waals surface area contributed by atoms with Gasteiger partial charge in [0.05, 0.1) is 5.92 Å². The van der Waals surface area contributed by atoms with Gasteiger partial charge < -0.3 is 10.4 Å². The average molecular weight is 241 g/mol. The molecule has 1 saturated heterocycles. The van der Waals surface area contributed by atoms with Crippen LogP contribution in [0.2, 0.25) is 0 Å². The summed E-state index contributed by atoms with van der Waals surface area (Å²) in [5.74, 6) is -2.87. The van der Waals surface area contributed by atoms with Crippen molar-refractivity contribution in [1.82, 2.24) is 5.32 Å². The zero-order valence-electron chi connectivity index (χ0n) is 9.34. The first-order valence-corrected chi connectivity index (χ1v) is 5.34. The quantitative estimate of drug-likeness (QED) is 0.825. The van der Waals surface area contributed by atoms with Gasteiger partial charge in [0.1, 0.15) is 11.6 Å². The van der Waals surface area contributed by atoms with Crippen LogP contribution in [0.4, 0.5) is 8.78 Å². The van der Waals surface area contributed by atoms with E-state index in [1.807, 2.05) is 0 Å². The lowest BCUT2D eigenvalue weighted by Gasteiger charge is -2.28. The Kier molecular flexibility index (Phi) is 2.87. The highest BCUT2D eigenvalue weighted by atomic mass is 19.1. The van der Waals surface area contributed by atoms with E-state index in [0.717, 1.165) is 18.2 Å². The van der Waals surface area contributed by atoms with Crippen LogP contribution in [0.1, 0.15) is 12.5 Å². The zero-order valence-corrected chi connectivity index (χ0v) is 9.34. The minimum Gasteiger partial charge on any atom is -0.481 e. The lowest BCUT2D eigenvalue weighted by molar-refractivity contribution is -0.142. The van der Waals surface area contributed by atoms with E-state index in [0.29, 0.717) is 6.54 Å². The Morgan fingerprint density at radius 3 is 2.88 bits per heavy atom. The first kappa shape index (κ1) is 12.0. The van der Waals surface area contributed by atoms with E-state index in [1.165, 1.54) is 0 Å². The van der Waals surface area contributed by atoms with E-state index in [1.54, 1.807) is 6.92 Å². The molecule has 1 aromatic carbocycles. The Morgan fingerprint density at radius 1 is 1.53 bits per heavy atom. The Morgan fingerprint density at radius 2 is 2.24 bits per heavy atom. The van der Waals surface area contributed by atoms with Crippen LogP contribution in [0.25, 0.3) is 0 Å². The maximum Gasteiger partial charge on any atom is 0.308 e. The van der Waals surface area contributed by atoms with Crippen molar-refractivity contribution in [2.24, 2.45) is 5.92 Å². The molecular weight excluding hydrogens is 228 g/mol. The first-order valence-electron chi connectivity index (χ1n) is 5.34. The molecule has 0 bridgehead atoms. The minimum atomic E-state index is -0.999. The Labute approximate surface area is 97.5 Å². The first-order chi connectivity index (χ1) is 7.95. The van der Waals surface area contributed by atoms with Gasteiger partial charge in [-0.3, -0.25) is 4.79 Å². The fraction of sp³-hybridized carbons (Fsp3) is 0.417.